The second-order valence-electron chi connectivity index (χ2n) is 2.94. The molecule has 0 aliphatic rings. The summed E-state index contributed by atoms with van der Waals surface area (Å²) in [6.07, 6.45) is -4.59. The van der Waals surface area contributed by atoms with Crippen LogP contribution < -0.4 is 5.73 Å². The Morgan fingerprint density at radius 2 is 2.00 bits per heavy atom. The molecule has 0 aliphatic carbocycles. The van der Waals surface area contributed by atoms with Crippen molar-refractivity contribution in [1.29, 1.82) is 5.26 Å². The molecule has 0 aromatic heterocycles. The molecule has 2 N–H and O–H groups in total. The van der Waals surface area contributed by atoms with Gasteiger partial charge in [-0.15, -0.1) is 0 Å². The molecule has 1 aromatic rings. The lowest BCUT2D eigenvalue weighted by Crippen LogP contribution is -2.08. The van der Waals surface area contributed by atoms with E-state index < -0.39 is 11.7 Å². The zero-order valence-electron chi connectivity index (χ0n) is 8.10. The third-order valence-electron chi connectivity index (χ3n) is 1.74. The van der Waals surface area contributed by atoms with Crippen LogP contribution in [0.15, 0.2) is 18.2 Å². The Labute approximate surface area is 90.5 Å². The topological polar surface area (TPSA) is 49.8 Å². The molecular formula is C11H7F3N2. The molecular weight excluding hydrogens is 217 g/mol. The zero-order valence-corrected chi connectivity index (χ0v) is 8.10. The first kappa shape index (κ1) is 11.9. The monoisotopic (exact) mass is 224 g/mol. The highest BCUT2D eigenvalue weighted by Gasteiger charge is 2.32. The van der Waals surface area contributed by atoms with Gasteiger partial charge in [0.1, 0.15) is 0 Å². The van der Waals surface area contributed by atoms with Gasteiger partial charge in [0, 0.05) is 11.3 Å². The Morgan fingerprint density at radius 3 is 2.56 bits per heavy atom. The lowest BCUT2D eigenvalue weighted by molar-refractivity contribution is -0.137. The summed E-state index contributed by atoms with van der Waals surface area (Å²) in [7, 11) is 0. The van der Waals surface area contributed by atoms with E-state index in [9.17, 15) is 13.2 Å². The van der Waals surface area contributed by atoms with Crippen molar-refractivity contribution in [2.45, 2.75) is 12.6 Å². The van der Waals surface area contributed by atoms with Crippen LogP contribution in [0.4, 0.5) is 18.9 Å². The van der Waals surface area contributed by atoms with Crippen LogP contribution in [-0.4, -0.2) is 0 Å². The van der Waals surface area contributed by atoms with E-state index in [0.717, 1.165) is 18.2 Å². The first-order valence-corrected chi connectivity index (χ1v) is 4.27. The minimum Gasteiger partial charge on any atom is -0.399 e. The number of alkyl halides is 3. The summed E-state index contributed by atoms with van der Waals surface area (Å²) in [4.78, 5) is 0. The van der Waals surface area contributed by atoms with Crippen molar-refractivity contribution in [3.05, 3.63) is 29.3 Å². The Morgan fingerprint density at radius 1 is 1.31 bits per heavy atom. The SMILES string of the molecule is N#CCC#Cc1cc(N)ccc1C(F)(F)F. The molecule has 0 aliphatic heterocycles. The number of anilines is 1. The standard InChI is InChI=1S/C11H7F3N2/c12-11(13,14)10-5-4-9(16)7-8(10)3-1-2-6-15/h4-5,7H,2,16H2. The highest BCUT2D eigenvalue weighted by molar-refractivity contribution is 5.52. The molecule has 0 radical (unpaired) electrons. The summed E-state index contributed by atoms with van der Waals surface area (Å²) in [6.45, 7) is 0. The summed E-state index contributed by atoms with van der Waals surface area (Å²) in [6, 6.07) is 4.92. The maximum Gasteiger partial charge on any atom is 0.417 e. The Bertz CT molecular complexity index is 487. The molecule has 0 saturated carbocycles. The first-order valence-electron chi connectivity index (χ1n) is 4.27. The first-order chi connectivity index (χ1) is 7.45. The third-order valence-corrected chi connectivity index (χ3v) is 1.74. The van der Waals surface area contributed by atoms with Gasteiger partial charge >= 0.3 is 6.18 Å². The maximum absolute atomic E-state index is 12.5. The van der Waals surface area contributed by atoms with E-state index in [4.69, 9.17) is 11.0 Å². The largest absolute Gasteiger partial charge is 0.417 e. The van der Waals surface area contributed by atoms with Crippen molar-refractivity contribution in [2.75, 3.05) is 5.73 Å². The van der Waals surface area contributed by atoms with Gasteiger partial charge in [-0.05, 0) is 18.2 Å². The fourth-order valence-electron chi connectivity index (χ4n) is 1.09. The molecule has 16 heavy (non-hydrogen) atoms. The summed E-state index contributed by atoms with van der Waals surface area (Å²) >= 11 is 0. The zero-order chi connectivity index (χ0) is 12.2. The number of nitrogens with two attached hydrogens (primary N) is 1. The van der Waals surface area contributed by atoms with Gasteiger partial charge in [0.2, 0.25) is 0 Å². The highest BCUT2D eigenvalue weighted by atomic mass is 19.4. The second-order valence-corrected chi connectivity index (χ2v) is 2.94. The van der Waals surface area contributed by atoms with Crippen LogP contribution in [0.3, 0.4) is 0 Å². The number of hydrogen-bond acceptors (Lipinski definition) is 2. The van der Waals surface area contributed by atoms with Crippen LogP contribution in [-0.2, 0) is 6.18 Å². The van der Waals surface area contributed by atoms with Crippen LogP contribution >= 0.6 is 0 Å². The fraction of sp³-hybridized carbons (Fsp3) is 0.182. The smallest absolute Gasteiger partial charge is 0.399 e. The van der Waals surface area contributed by atoms with Crippen LogP contribution in [0.2, 0.25) is 0 Å². The number of nitrogen functional groups attached to an aromatic ring is 1. The number of rotatable bonds is 0. The van der Waals surface area contributed by atoms with Gasteiger partial charge in [-0.3, -0.25) is 0 Å². The van der Waals surface area contributed by atoms with Gasteiger partial charge in [0.25, 0.3) is 0 Å². The van der Waals surface area contributed by atoms with Crippen molar-refractivity contribution in [1.82, 2.24) is 0 Å². The predicted octanol–water partition coefficient (Wildman–Crippen LogP) is 2.55. The van der Waals surface area contributed by atoms with Gasteiger partial charge < -0.3 is 5.73 Å². The number of benzene rings is 1. The van der Waals surface area contributed by atoms with E-state index in [2.05, 4.69) is 11.8 Å². The molecule has 0 saturated heterocycles. The molecule has 0 spiro atoms. The Hall–Kier alpha value is -2.14. The maximum atomic E-state index is 12.5. The quantitative estimate of drug-likeness (QED) is 0.543. The van der Waals surface area contributed by atoms with Gasteiger partial charge in [-0.2, -0.15) is 18.4 Å². The van der Waals surface area contributed by atoms with Crippen molar-refractivity contribution < 1.29 is 13.2 Å². The Balaban J connectivity index is 3.22. The molecule has 5 heteroatoms. The molecule has 82 valence electrons. The normalized spacial score (nSPS) is 10.1. The van der Waals surface area contributed by atoms with Gasteiger partial charge in [-0.25, -0.2) is 0 Å². The molecule has 0 fully saturated rings. The second kappa shape index (κ2) is 4.59. The number of nitriles is 1. The fourth-order valence-corrected chi connectivity index (χ4v) is 1.09. The van der Waals surface area contributed by atoms with Gasteiger partial charge in [0.05, 0.1) is 18.1 Å². The number of halogens is 3. The molecule has 2 nitrogen and oxygen atoms in total. The predicted molar refractivity (Wildman–Crippen MR) is 53.0 cm³/mol. The van der Waals surface area contributed by atoms with Crippen molar-refractivity contribution in [3.8, 4) is 17.9 Å². The van der Waals surface area contributed by atoms with Crippen molar-refractivity contribution in [3.63, 3.8) is 0 Å². The molecule has 0 atom stereocenters. The number of nitrogens with zero attached hydrogens (tertiary/aromatic N) is 1. The lowest BCUT2D eigenvalue weighted by atomic mass is 10.1. The third kappa shape index (κ3) is 2.93. The lowest BCUT2D eigenvalue weighted by Gasteiger charge is -2.09. The van der Waals surface area contributed by atoms with Crippen molar-refractivity contribution in [2.24, 2.45) is 0 Å². The van der Waals surface area contributed by atoms with E-state index in [0.29, 0.717) is 0 Å². The van der Waals surface area contributed by atoms with Crippen molar-refractivity contribution >= 4 is 5.69 Å². The summed E-state index contributed by atoms with van der Waals surface area (Å²) in [5.74, 6) is 4.61. The summed E-state index contributed by atoms with van der Waals surface area (Å²) in [5, 5.41) is 8.23. The average molecular weight is 224 g/mol. The van der Waals surface area contributed by atoms with E-state index in [-0.39, 0.29) is 17.7 Å². The molecule has 1 aromatic carbocycles. The van der Waals surface area contributed by atoms with E-state index in [1.54, 1.807) is 6.07 Å². The summed E-state index contributed by atoms with van der Waals surface area (Å²) in [5.41, 5.74) is 4.53. The highest BCUT2D eigenvalue weighted by Crippen LogP contribution is 2.32. The molecule has 0 amide bonds. The summed E-state index contributed by atoms with van der Waals surface area (Å²) < 4.78 is 37.5. The van der Waals surface area contributed by atoms with E-state index in [1.807, 2.05) is 0 Å². The van der Waals surface area contributed by atoms with Crippen LogP contribution in [0, 0.1) is 23.2 Å². The molecule has 0 unspecified atom stereocenters. The van der Waals surface area contributed by atoms with Crippen LogP contribution in [0.25, 0.3) is 0 Å². The van der Waals surface area contributed by atoms with Gasteiger partial charge in [0.15, 0.2) is 0 Å². The molecule has 0 bridgehead atoms. The minimum absolute atomic E-state index is 0.119. The number of hydrogen-bond donors (Lipinski definition) is 1. The van der Waals surface area contributed by atoms with E-state index in [1.165, 1.54) is 0 Å². The minimum atomic E-state index is -4.47. The molecule has 1 rings (SSSR count). The molecule has 0 heterocycles. The average Bonchev–Trinajstić information content (AvgIpc) is 2.16. The van der Waals surface area contributed by atoms with Crippen LogP contribution in [0.1, 0.15) is 17.5 Å². The van der Waals surface area contributed by atoms with Crippen LogP contribution in [0.5, 0.6) is 0 Å². The van der Waals surface area contributed by atoms with E-state index >= 15 is 0 Å². The Kier molecular flexibility index (Phi) is 3.42. The van der Waals surface area contributed by atoms with Gasteiger partial charge in [-0.1, -0.05) is 11.8 Å².